The van der Waals surface area contributed by atoms with Crippen molar-refractivity contribution < 1.29 is 14.4 Å². The summed E-state index contributed by atoms with van der Waals surface area (Å²) in [5.41, 5.74) is 6.36. The number of likely N-dealkylation sites (tertiary alicyclic amines) is 1. The number of rotatable bonds is 3. The summed E-state index contributed by atoms with van der Waals surface area (Å²) in [6.45, 7) is 0.493. The van der Waals surface area contributed by atoms with Gasteiger partial charge in [-0.05, 0) is 37.5 Å². The Morgan fingerprint density at radius 2 is 2.04 bits per heavy atom. The summed E-state index contributed by atoms with van der Waals surface area (Å²) in [6, 6.07) is 6.68. The normalized spacial score (nSPS) is 16.8. The highest BCUT2D eigenvalue weighted by Crippen LogP contribution is 2.29. The lowest BCUT2D eigenvalue weighted by molar-refractivity contribution is -0.146. The zero-order valence-electron chi connectivity index (χ0n) is 14.1. The molecule has 134 valence electrons. The van der Waals surface area contributed by atoms with Gasteiger partial charge in [0.1, 0.15) is 0 Å². The molecule has 3 amide bonds. The first-order valence-corrected chi connectivity index (χ1v) is 8.34. The van der Waals surface area contributed by atoms with Gasteiger partial charge in [-0.25, -0.2) is 0 Å². The molecule has 0 saturated carbocycles. The average Bonchev–Trinajstić information content (AvgIpc) is 2.68. The fraction of sp³-hybridized carbons (Fsp3) is 0.278. The molecule has 0 spiro atoms. The predicted molar refractivity (Wildman–Crippen MR) is 93.9 cm³/mol. The number of carbonyl (C=O) groups is 3. The molecule has 0 unspecified atom stereocenters. The van der Waals surface area contributed by atoms with Gasteiger partial charge >= 0.3 is 11.8 Å². The standard InChI is InChI=1S/C18H19N5O3/c19-16(24)12-9-13(11-20-10-12)22-17(25)18(26)23-8-4-2-6-15(23)14-5-1-3-7-21-14/h1,3,5,7,9-11,15H,2,4,6,8H2,(H2,19,24)(H,22,25)/t15-/m0/s1. The third-order valence-electron chi connectivity index (χ3n) is 4.27. The van der Waals surface area contributed by atoms with E-state index in [1.807, 2.05) is 18.2 Å². The lowest BCUT2D eigenvalue weighted by Gasteiger charge is -2.34. The molecule has 0 bridgehead atoms. The molecule has 8 heteroatoms. The fourth-order valence-electron chi connectivity index (χ4n) is 3.01. The number of aromatic nitrogens is 2. The number of pyridine rings is 2. The van der Waals surface area contributed by atoms with Gasteiger partial charge in [-0.1, -0.05) is 6.07 Å². The second kappa shape index (κ2) is 7.73. The van der Waals surface area contributed by atoms with Crippen molar-refractivity contribution in [1.82, 2.24) is 14.9 Å². The Balaban J connectivity index is 1.75. The van der Waals surface area contributed by atoms with Crippen molar-refractivity contribution in [3.8, 4) is 0 Å². The summed E-state index contributed by atoms with van der Waals surface area (Å²) in [6.07, 6.45) is 6.88. The van der Waals surface area contributed by atoms with Gasteiger partial charge in [-0.15, -0.1) is 0 Å². The van der Waals surface area contributed by atoms with Crippen molar-refractivity contribution in [2.24, 2.45) is 5.73 Å². The minimum Gasteiger partial charge on any atom is -0.366 e. The van der Waals surface area contributed by atoms with E-state index < -0.39 is 17.7 Å². The fourth-order valence-corrected chi connectivity index (χ4v) is 3.01. The van der Waals surface area contributed by atoms with Crippen molar-refractivity contribution >= 4 is 23.4 Å². The Bertz CT molecular complexity index is 825. The Morgan fingerprint density at radius 1 is 1.19 bits per heavy atom. The van der Waals surface area contributed by atoms with Gasteiger partial charge < -0.3 is 16.0 Å². The van der Waals surface area contributed by atoms with Gasteiger partial charge in [-0.2, -0.15) is 0 Å². The van der Waals surface area contributed by atoms with E-state index in [-0.39, 0.29) is 17.3 Å². The van der Waals surface area contributed by atoms with Crippen LogP contribution in [0.3, 0.4) is 0 Å². The van der Waals surface area contributed by atoms with Crippen molar-refractivity contribution in [2.75, 3.05) is 11.9 Å². The summed E-state index contributed by atoms with van der Waals surface area (Å²) in [4.78, 5) is 46.0. The number of nitrogens with zero attached hydrogens (tertiary/aromatic N) is 3. The van der Waals surface area contributed by atoms with E-state index >= 15 is 0 Å². The largest absolute Gasteiger partial charge is 0.366 e. The lowest BCUT2D eigenvalue weighted by atomic mass is 9.98. The van der Waals surface area contributed by atoms with Gasteiger partial charge in [0.05, 0.1) is 29.2 Å². The van der Waals surface area contributed by atoms with Crippen LogP contribution in [0.2, 0.25) is 0 Å². The maximum absolute atomic E-state index is 12.7. The monoisotopic (exact) mass is 353 g/mol. The predicted octanol–water partition coefficient (Wildman–Crippen LogP) is 1.27. The molecule has 2 aromatic heterocycles. The van der Waals surface area contributed by atoms with E-state index in [9.17, 15) is 14.4 Å². The van der Waals surface area contributed by atoms with Crippen molar-refractivity contribution in [3.63, 3.8) is 0 Å². The number of piperidine rings is 1. The molecule has 2 aromatic rings. The van der Waals surface area contributed by atoms with Crippen LogP contribution in [0.1, 0.15) is 41.4 Å². The van der Waals surface area contributed by atoms with Gasteiger partial charge in [0.25, 0.3) is 0 Å². The summed E-state index contributed by atoms with van der Waals surface area (Å²) in [7, 11) is 0. The third kappa shape index (κ3) is 3.85. The highest BCUT2D eigenvalue weighted by molar-refractivity contribution is 6.39. The van der Waals surface area contributed by atoms with Crippen molar-refractivity contribution in [2.45, 2.75) is 25.3 Å². The molecule has 0 aliphatic carbocycles. The maximum atomic E-state index is 12.7. The van der Waals surface area contributed by atoms with Crippen LogP contribution in [0, 0.1) is 0 Å². The van der Waals surface area contributed by atoms with Gasteiger partial charge in [0.15, 0.2) is 0 Å². The zero-order chi connectivity index (χ0) is 18.5. The second-order valence-electron chi connectivity index (χ2n) is 6.05. The Kier molecular flexibility index (Phi) is 5.21. The van der Waals surface area contributed by atoms with E-state index in [0.29, 0.717) is 6.54 Å². The molecule has 26 heavy (non-hydrogen) atoms. The van der Waals surface area contributed by atoms with Crippen LogP contribution in [0.5, 0.6) is 0 Å². The number of carbonyl (C=O) groups excluding carboxylic acids is 3. The van der Waals surface area contributed by atoms with Crippen molar-refractivity contribution in [1.29, 1.82) is 0 Å². The summed E-state index contributed by atoms with van der Waals surface area (Å²) in [5.74, 6) is -2.08. The van der Waals surface area contributed by atoms with Crippen LogP contribution >= 0.6 is 0 Å². The second-order valence-corrected chi connectivity index (χ2v) is 6.05. The Hall–Kier alpha value is -3.29. The first kappa shape index (κ1) is 17.5. The molecular weight excluding hydrogens is 334 g/mol. The molecule has 0 radical (unpaired) electrons. The molecular formula is C18H19N5O3. The van der Waals surface area contributed by atoms with Crippen LogP contribution in [-0.2, 0) is 9.59 Å². The SMILES string of the molecule is NC(=O)c1cncc(NC(=O)C(=O)N2CCCC[C@H]2c2ccccn2)c1. The van der Waals surface area contributed by atoms with E-state index in [1.165, 1.54) is 18.5 Å². The molecule has 3 N–H and O–H groups in total. The lowest BCUT2D eigenvalue weighted by Crippen LogP contribution is -2.44. The summed E-state index contributed by atoms with van der Waals surface area (Å²) >= 11 is 0. The molecule has 1 aliphatic heterocycles. The van der Waals surface area contributed by atoms with Crippen LogP contribution in [0.4, 0.5) is 5.69 Å². The van der Waals surface area contributed by atoms with Gasteiger partial charge in [0, 0.05) is 18.9 Å². The number of amides is 3. The number of anilines is 1. The maximum Gasteiger partial charge on any atom is 0.313 e. The topological polar surface area (TPSA) is 118 Å². The average molecular weight is 353 g/mol. The summed E-state index contributed by atoms with van der Waals surface area (Å²) in [5, 5.41) is 2.49. The quantitative estimate of drug-likeness (QED) is 0.806. The van der Waals surface area contributed by atoms with E-state index in [1.54, 1.807) is 11.1 Å². The Labute approximate surface area is 150 Å². The zero-order valence-corrected chi connectivity index (χ0v) is 14.1. The van der Waals surface area contributed by atoms with Crippen LogP contribution in [0.25, 0.3) is 0 Å². The molecule has 3 rings (SSSR count). The molecule has 3 heterocycles. The number of hydrogen-bond acceptors (Lipinski definition) is 5. The van der Waals surface area contributed by atoms with Gasteiger partial charge in [-0.3, -0.25) is 24.4 Å². The van der Waals surface area contributed by atoms with E-state index in [4.69, 9.17) is 5.73 Å². The summed E-state index contributed by atoms with van der Waals surface area (Å²) < 4.78 is 0. The molecule has 1 aliphatic rings. The van der Waals surface area contributed by atoms with E-state index in [0.717, 1.165) is 25.0 Å². The van der Waals surface area contributed by atoms with Gasteiger partial charge in [0.2, 0.25) is 5.91 Å². The number of nitrogens with two attached hydrogens (primary N) is 1. The Morgan fingerprint density at radius 3 is 2.77 bits per heavy atom. The van der Waals surface area contributed by atoms with Crippen LogP contribution in [-0.4, -0.2) is 39.1 Å². The van der Waals surface area contributed by atoms with E-state index in [2.05, 4.69) is 15.3 Å². The third-order valence-corrected chi connectivity index (χ3v) is 4.27. The number of nitrogens with one attached hydrogen (secondary N) is 1. The molecule has 1 saturated heterocycles. The first-order valence-electron chi connectivity index (χ1n) is 8.34. The number of hydrogen-bond donors (Lipinski definition) is 2. The smallest absolute Gasteiger partial charge is 0.313 e. The molecule has 1 atom stereocenters. The van der Waals surface area contributed by atoms with Crippen LogP contribution in [0.15, 0.2) is 42.9 Å². The molecule has 1 fully saturated rings. The highest BCUT2D eigenvalue weighted by atomic mass is 16.2. The molecule has 8 nitrogen and oxygen atoms in total. The van der Waals surface area contributed by atoms with Crippen molar-refractivity contribution in [3.05, 3.63) is 54.1 Å². The first-order chi connectivity index (χ1) is 12.6. The van der Waals surface area contributed by atoms with Crippen LogP contribution < -0.4 is 11.1 Å². The number of primary amides is 1. The highest BCUT2D eigenvalue weighted by Gasteiger charge is 2.32. The minimum absolute atomic E-state index is 0.152. The minimum atomic E-state index is -0.781. The molecule has 0 aromatic carbocycles.